The number of nitrogens with zero attached hydrogens (tertiary/aromatic N) is 1. The molecular formula is C6H10N4S. The maximum absolute atomic E-state index is 5.52. The monoisotopic (exact) mass is 170 g/mol. The zero-order valence-electron chi connectivity index (χ0n) is 5.90. The van der Waals surface area contributed by atoms with Gasteiger partial charge in [0.25, 0.3) is 0 Å². The van der Waals surface area contributed by atoms with Crippen LogP contribution in [0.4, 0.5) is 0 Å². The Hall–Kier alpha value is -0.520. The number of nitrogens with two attached hydrogens (primary N) is 2. The maximum atomic E-state index is 5.52. The molecule has 2 atom stereocenters. The summed E-state index contributed by atoms with van der Waals surface area (Å²) in [7, 11) is 0. The van der Waals surface area contributed by atoms with Crippen molar-refractivity contribution in [3.05, 3.63) is 18.0 Å². The summed E-state index contributed by atoms with van der Waals surface area (Å²) in [5, 5.41) is 7.47. The minimum Gasteiger partial charge on any atom is -0.315 e. The van der Waals surface area contributed by atoms with Crippen molar-refractivity contribution in [1.82, 2.24) is 10.2 Å². The second-order valence-electron chi connectivity index (χ2n) is 2.63. The van der Waals surface area contributed by atoms with E-state index < -0.39 is 0 Å². The average Bonchev–Trinajstić information content (AvgIpc) is 2.60. The summed E-state index contributed by atoms with van der Waals surface area (Å²) < 4.78 is 0. The lowest BCUT2D eigenvalue weighted by atomic mass is 10.2. The Morgan fingerprint density at radius 1 is 1.64 bits per heavy atom. The molecule has 0 radical (unpaired) electrons. The largest absolute Gasteiger partial charge is 0.315 e. The molecule has 5 heteroatoms. The smallest absolute Gasteiger partial charge is 0.0657 e. The van der Waals surface area contributed by atoms with Crippen molar-refractivity contribution in [3.8, 4) is 0 Å². The first-order chi connectivity index (χ1) is 5.29. The van der Waals surface area contributed by atoms with Gasteiger partial charge in [-0.3, -0.25) is 5.10 Å². The van der Waals surface area contributed by atoms with Gasteiger partial charge in [-0.05, 0) is 0 Å². The Bertz CT molecular complexity index is 233. The molecule has 60 valence electrons. The van der Waals surface area contributed by atoms with E-state index in [0.717, 1.165) is 0 Å². The van der Waals surface area contributed by atoms with Crippen molar-refractivity contribution in [2.45, 2.75) is 16.7 Å². The second-order valence-corrected chi connectivity index (χ2v) is 3.95. The van der Waals surface area contributed by atoms with Gasteiger partial charge in [-0.2, -0.15) is 5.10 Å². The molecule has 4 nitrogen and oxygen atoms in total. The number of hydrogen-bond donors (Lipinski definition) is 3. The fraction of sp³-hybridized carbons (Fsp3) is 0.500. The topological polar surface area (TPSA) is 80.7 Å². The fourth-order valence-electron chi connectivity index (χ4n) is 1.10. The molecule has 0 bridgehead atoms. The van der Waals surface area contributed by atoms with E-state index in [1.54, 1.807) is 11.8 Å². The van der Waals surface area contributed by atoms with Gasteiger partial charge in [-0.25, -0.2) is 0 Å². The van der Waals surface area contributed by atoms with Gasteiger partial charge in [-0.1, -0.05) is 0 Å². The van der Waals surface area contributed by atoms with Crippen LogP contribution >= 0.6 is 11.8 Å². The molecule has 1 saturated heterocycles. The Morgan fingerprint density at radius 3 is 2.91 bits per heavy atom. The summed E-state index contributed by atoms with van der Waals surface area (Å²) in [6, 6.07) is 0. The van der Waals surface area contributed by atoms with Crippen molar-refractivity contribution in [1.29, 1.82) is 0 Å². The van der Waals surface area contributed by atoms with Gasteiger partial charge < -0.3 is 11.5 Å². The highest BCUT2D eigenvalue weighted by Gasteiger charge is 2.42. The summed E-state index contributed by atoms with van der Waals surface area (Å²) in [6.07, 6.45) is 3.50. The first kappa shape index (κ1) is 7.15. The van der Waals surface area contributed by atoms with Crippen LogP contribution in [0.5, 0.6) is 0 Å². The molecule has 1 unspecified atom stereocenters. The summed E-state index contributed by atoms with van der Waals surface area (Å²) in [5.74, 6) is 0. The van der Waals surface area contributed by atoms with Crippen LogP contribution in [0.2, 0.25) is 0 Å². The number of nitrogens with one attached hydrogen (secondary N) is 1. The Balaban J connectivity index is 2.02. The van der Waals surface area contributed by atoms with Crippen LogP contribution in [-0.2, 0) is 0 Å². The van der Waals surface area contributed by atoms with Gasteiger partial charge in [0, 0.05) is 22.3 Å². The first-order valence-electron chi connectivity index (χ1n) is 3.44. The van der Waals surface area contributed by atoms with Gasteiger partial charge in [0.15, 0.2) is 0 Å². The van der Waals surface area contributed by atoms with Gasteiger partial charge in [0.05, 0.1) is 12.4 Å². The molecule has 1 fully saturated rings. The van der Waals surface area contributed by atoms with E-state index >= 15 is 0 Å². The van der Waals surface area contributed by atoms with Crippen molar-refractivity contribution >= 4 is 11.8 Å². The van der Waals surface area contributed by atoms with Crippen LogP contribution in [0, 0.1) is 0 Å². The molecule has 2 rings (SSSR count). The molecule has 1 aliphatic heterocycles. The number of aromatic nitrogens is 2. The molecule has 1 aliphatic rings. The fourth-order valence-corrected chi connectivity index (χ4v) is 2.16. The van der Waals surface area contributed by atoms with E-state index in [-0.39, 0.29) is 6.17 Å². The molecule has 2 heterocycles. The van der Waals surface area contributed by atoms with Crippen LogP contribution in [0.1, 0.15) is 10.8 Å². The minimum absolute atomic E-state index is 0.208. The third-order valence-corrected chi connectivity index (χ3v) is 3.20. The number of rotatable bonds is 2. The first-order valence-corrected chi connectivity index (χ1v) is 4.38. The van der Waals surface area contributed by atoms with Crippen molar-refractivity contribution in [2.75, 3.05) is 0 Å². The van der Waals surface area contributed by atoms with E-state index in [1.807, 2.05) is 12.4 Å². The molecule has 1 aromatic rings. The molecule has 1 aromatic heterocycles. The lowest BCUT2D eigenvalue weighted by molar-refractivity contribution is 0.698. The van der Waals surface area contributed by atoms with Crippen LogP contribution in [-0.4, -0.2) is 21.6 Å². The highest BCUT2D eigenvalue weighted by Crippen LogP contribution is 2.55. The highest BCUT2D eigenvalue weighted by atomic mass is 32.2. The number of thioether (sulfide) groups is 1. The Kier molecular flexibility index (Phi) is 1.63. The Morgan fingerprint density at radius 2 is 2.45 bits per heavy atom. The average molecular weight is 170 g/mol. The molecule has 0 amide bonds. The zero-order chi connectivity index (χ0) is 7.84. The quantitative estimate of drug-likeness (QED) is 0.424. The molecule has 0 spiro atoms. The minimum atomic E-state index is -0.208. The van der Waals surface area contributed by atoms with Gasteiger partial charge in [0.1, 0.15) is 0 Å². The van der Waals surface area contributed by atoms with Crippen LogP contribution < -0.4 is 11.5 Å². The third-order valence-electron chi connectivity index (χ3n) is 1.75. The van der Waals surface area contributed by atoms with E-state index in [2.05, 4.69) is 10.2 Å². The van der Waals surface area contributed by atoms with Crippen molar-refractivity contribution < 1.29 is 0 Å². The second kappa shape index (κ2) is 2.51. The Labute approximate surface area is 68.7 Å². The molecular weight excluding hydrogens is 160 g/mol. The molecule has 5 N–H and O–H groups in total. The molecule has 0 aromatic carbocycles. The number of hydrogen-bond acceptors (Lipinski definition) is 4. The summed E-state index contributed by atoms with van der Waals surface area (Å²) in [5.41, 5.74) is 12.2. The zero-order valence-corrected chi connectivity index (χ0v) is 6.71. The summed E-state index contributed by atoms with van der Waals surface area (Å²) in [4.78, 5) is 0. The maximum Gasteiger partial charge on any atom is 0.0657 e. The number of H-pyrrole nitrogens is 1. The normalized spacial score (nSPS) is 29.4. The van der Waals surface area contributed by atoms with Gasteiger partial charge in [0.2, 0.25) is 0 Å². The van der Waals surface area contributed by atoms with E-state index in [0.29, 0.717) is 10.5 Å². The number of aromatic amines is 1. The van der Waals surface area contributed by atoms with Crippen LogP contribution in [0.25, 0.3) is 0 Å². The predicted octanol–water partition coefficient (Wildman–Crippen LogP) is -0.190. The van der Waals surface area contributed by atoms with Gasteiger partial charge >= 0.3 is 0 Å². The van der Waals surface area contributed by atoms with E-state index in [1.165, 1.54) is 5.56 Å². The lowest BCUT2D eigenvalue weighted by Crippen LogP contribution is -2.35. The lowest BCUT2D eigenvalue weighted by Gasteiger charge is -1.98. The predicted molar refractivity (Wildman–Crippen MR) is 44.9 cm³/mol. The summed E-state index contributed by atoms with van der Waals surface area (Å²) >= 11 is 1.79. The van der Waals surface area contributed by atoms with Crippen molar-refractivity contribution in [2.24, 2.45) is 11.5 Å². The van der Waals surface area contributed by atoms with Crippen LogP contribution in [0.3, 0.4) is 0 Å². The molecule has 0 saturated carbocycles. The highest BCUT2D eigenvalue weighted by molar-refractivity contribution is 8.07. The summed E-state index contributed by atoms with van der Waals surface area (Å²) in [6.45, 7) is 0. The van der Waals surface area contributed by atoms with E-state index in [4.69, 9.17) is 11.5 Å². The third kappa shape index (κ3) is 1.26. The van der Waals surface area contributed by atoms with E-state index in [9.17, 15) is 0 Å². The van der Waals surface area contributed by atoms with Gasteiger partial charge in [-0.15, -0.1) is 11.8 Å². The van der Waals surface area contributed by atoms with Crippen molar-refractivity contribution in [3.63, 3.8) is 0 Å². The SMILES string of the molecule is NC(N)C1S[C@@H]1c1cn[nH]c1. The molecule has 11 heavy (non-hydrogen) atoms. The van der Waals surface area contributed by atoms with Crippen LogP contribution in [0.15, 0.2) is 12.4 Å². The standard InChI is InChI=1S/C6H10N4S/c7-6(8)5-4(11-5)3-1-9-10-2-3/h1-2,4-6H,7-8H2,(H,9,10)/t4-,5?/m1/s1. The molecule has 0 aliphatic carbocycles.